The van der Waals surface area contributed by atoms with Gasteiger partial charge in [0, 0.05) is 35.0 Å². The molecule has 144 valence electrons. The highest BCUT2D eigenvalue weighted by molar-refractivity contribution is 9.10. The number of hydrogen-bond acceptors (Lipinski definition) is 3. The molecular weight excluding hydrogens is 408 g/mol. The Labute approximate surface area is 168 Å². The molecule has 1 aliphatic rings. The maximum Gasteiger partial charge on any atom is 0.251 e. The van der Waals surface area contributed by atoms with Crippen LogP contribution in [0.3, 0.4) is 0 Å². The zero-order valence-electron chi connectivity index (χ0n) is 15.9. The van der Waals surface area contributed by atoms with Crippen LogP contribution in [0.15, 0.2) is 39.2 Å². The molecule has 6 heteroatoms. The Kier molecular flexibility index (Phi) is 5.75. The standard InChI is InChI=1S/C21H25BrN2O3/c1-13-10-16-17(11-21(2,3)12-18(16)27-13)24-19(25)8-9-23-20(26)14-4-6-15(22)7-5-14/h4-7,10,17H,8-9,11-12H2,1-3H3,(H,23,26)(H,24,25)/t17-/m0/s1. The molecule has 1 aromatic carbocycles. The van der Waals surface area contributed by atoms with E-state index in [1.807, 2.05) is 25.1 Å². The Balaban J connectivity index is 1.53. The first kappa shape index (κ1) is 19.7. The van der Waals surface area contributed by atoms with Crippen molar-refractivity contribution in [3.8, 4) is 0 Å². The van der Waals surface area contributed by atoms with Gasteiger partial charge in [-0.3, -0.25) is 9.59 Å². The highest BCUT2D eigenvalue weighted by Crippen LogP contribution is 2.41. The van der Waals surface area contributed by atoms with Gasteiger partial charge in [-0.2, -0.15) is 0 Å². The minimum absolute atomic E-state index is 0.0455. The molecule has 1 atom stereocenters. The van der Waals surface area contributed by atoms with Crippen molar-refractivity contribution in [2.24, 2.45) is 5.41 Å². The molecule has 2 aromatic rings. The van der Waals surface area contributed by atoms with Crippen molar-refractivity contribution in [1.82, 2.24) is 10.6 Å². The Bertz CT molecular complexity index is 840. The number of benzene rings is 1. The van der Waals surface area contributed by atoms with Gasteiger partial charge in [-0.1, -0.05) is 29.8 Å². The summed E-state index contributed by atoms with van der Waals surface area (Å²) < 4.78 is 6.73. The first-order valence-corrected chi connectivity index (χ1v) is 9.95. The van der Waals surface area contributed by atoms with Crippen LogP contribution in [-0.4, -0.2) is 18.4 Å². The van der Waals surface area contributed by atoms with Crippen LogP contribution in [0.2, 0.25) is 0 Å². The minimum Gasteiger partial charge on any atom is -0.466 e. The van der Waals surface area contributed by atoms with E-state index in [0.29, 0.717) is 12.1 Å². The van der Waals surface area contributed by atoms with Crippen molar-refractivity contribution in [2.75, 3.05) is 6.54 Å². The third kappa shape index (κ3) is 5.01. The number of rotatable bonds is 5. The van der Waals surface area contributed by atoms with Crippen molar-refractivity contribution < 1.29 is 14.0 Å². The lowest BCUT2D eigenvalue weighted by Crippen LogP contribution is -2.37. The summed E-state index contributed by atoms with van der Waals surface area (Å²) in [5.41, 5.74) is 1.73. The second kappa shape index (κ2) is 7.89. The first-order valence-electron chi connectivity index (χ1n) is 9.16. The lowest BCUT2D eigenvalue weighted by atomic mass is 9.74. The summed E-state index contributed by atoms with van der Waals surface area (Å²) in [6.07, 6.45) is 1.99. The number of carbonyl (C=O) groups excluding carboxylic acids is 2. The van der Waals surface area contributed by atoms with E-state index in [2.05, 4.69) is 40.4 Å². The van der Waals surface area contributed by atoms with Crippen molar-refractivity contribution in [3.05, 3.63) is 57.5 Å². The van der Waals surface area contributed by atoms with E-state index in [1.165, 1.54) is 0 Å². The first-order chi connectivity index (χ1) is 12.7. The van der Waals surface area contributed by atoms with Crippen molar-refractivity contribution in [2.45, 2.75) is 46.1 Å². The molecule has 2 amide bonds. The van der Waals surface area contributed by atoms with E-state index >= 15 is 0 Å². The molecular formula is C21H25BrN2O3. The number of halogens is 1. The van der Waals surface area contributed by atoms with Crippen LogP contribution >= 0.6 is 15.9 Å². The number of carbonyl (C=O) groups is 2. The Morgan fingerprint density at radius 1 is 1.26 bits per heavy atom. The average molecular weight is 433 g/mol. The highest BCUT2D eigenvalue weighted by atomic mass is 79.9. The fourth-order valence-corrected chi connectivity index (χ4v) is 3.84. The van der Waals surface area contributed by atoms with Crippen molar-refractivity contribution in [1.29, 1.82) is 0 Å². The molecule has 2 N–H and O–H groups in total. The van der Waals surface area contributed by atoms with Crippen LogP contribution in [-0.2, 0) is 11.2 Å². The highest BCUT2D eigenvalue weighted by Gasteiger charge is 2.35. The third-order valence-corrected chi connectivity index (χ3v) is 5.34. The largest absolute Gasteiger partial charge is 0.466 e. The van der Waals surface area contributed by atoms with Crippen LogP contribution in [0.1, 0.15) is 60.2 Å². The summed E-state index contributed by atoms with van der Waals surface area (Å²) in [6.45, 7) is 6.60. The van der Waals surface area contributed by atoms with Gasteiger partial charge in [0.2, 0.25) is 5.91 Å². The van der Waals surface area contributed by atoms with Gasteiger partial charge in [0.25, 0.3) is 5.91 Å². The lowest BCUT2D eigenvalue weighted by molar-refractivity contribution is -0.122. The van der Waals surface area contributed by atoms with Gasteiger partial charge in [-0.15, -0.1) is 0 Å². The summed E-state index contributed by atoms with van der Waals surface area (Å²) in [4.78, 5) is 24.5. The fraction of sp³-hybridized carbons (Fsp3) is 0.429. The van der Waals surface area contributed by atoms with Gasteiger partial charge in [0.15, 0.2) is 0 Å². The Hall–Kier alpha value is -2.08. The Morgan fingerprint density at radius 3 is 2.67 bits per heavy atom. The van der Waals surface area contributed by atoms with Gasteiger partial charge in [0.1, 0.15) is 11.5 Å². The van der Waals surface area contributed by atoms with Gasteiger partial charge in [0.05, 0.1) is 6.04 Å². The number of aryl methyl sites for hydroxylation is 1. The number of hydrogen-bond donors (Lipinski definition) is 2. The SMILES string of the molecule is Cc1cc2c(o1)CC(C)(C)C[C@@H]2NC(=O)CCNC(=O)c1ccc(Br)cc1. The molecule has 0 saturated heterocycles. The lowest BCUT2D eigenvalue weighted by Gasteiger charge is -2.34. The molecule has 0 radical (unpaired) electrons. The predicted octanol–water partition coefficient (Wildman–Crippen LogP) is 4.30. The van der Waals surface area contributed by atoms with Gasteiger partial charge < -0.3 is 15.1 Å². The summed E-state index contributed by atoms with van der Waals surface area (Å²) in [6, 6.07) is 9.09. The van der Waals surface area contributed by atoms with Crippen LogP contribution < -0.4 is 10.6 Å². The normalized spacial score (nSPS) is 17.9. The summed E-state index contributed by atoms with van der Waals surface area (Å²) in [5, 5.41) is 5.90. The van der Waals surface area contributed by atoms with Crippen LogP contribution in [0.5, 0.6) is 0 Å². The van der Waals surface area contributed by atoms with E-state index < -0.39 is 0 Å². The Morgan fingerprint density at radius 2 is 1.96 bits per heavy atom. The molecule has 0 bridgehead atoms. The molecule has 0 unspecified atom stereocenters. The van der Waals surface area contributed by atoms with Gasteiger partial charge >= 0.3 is 0 Å². The van der Waals surface area contributed by atoms with E-state index in [1.54, 1.807) is 12.1 Å². The van der Waals surface area contributed by atoms with E-state index in [0.717, 1.165) is 34.4 Å². The van der Waals surface area contributed by atoms with Crippen LogP contribution in [0, 0.1) is 12.3 Å². The molecule has 0 fully saturated rings. The fourth-order valence-electron chi connectivity index (χ4n) is 3.57. The molecule has 5 nitrogen and oxygen atoms in total. The maximum atomic E-state index is 12.4. The monoisotopic (exact) mass is 432 g/mol. The zero-order chi connectivity index (χ0) is 19.6. The molecule has 0 saturated carbocycles. The van der Waals surface area contributed by atoms with Crippen molar-refractivity contribution >= 4 is 27.7 Å². The number of amides is 2. The van der Waals surface area contributed by atoms with E-state index in [4.69, 9.17) is 4.42 Å². The van der Waals surface area contributed by atoms with E-state index in [-0.39, 0.29) is 29.7 Å². The molecule has 1 heterocycles. The third-order valence-electron chi connectivity index (χ3n) is 4.82. The van der Waals surface area contributed by atoms with Crippen LogP contribution in [0.4, 0.5) is 0 Å². The van der Waals surface area contributed by atoms with Crippen molar-refractivity contribution in [3.63, 3.8) is 0 Å². The zero-order valence-corrected chi connectivity index (χ0v) is 17.5. The summed E-state index contributed by atoms with van der Waals surface area (Å²) >= 11 is 3.34. The van der Waals surface area contributed by atoms with Gasteiger partial charge in [-0.05, 0) is 49.1 Å². The molecule has 0 aliphatic heterocycles. The molecule has 1 aliphatic carbocycles. The number of furan rings is 1. The predicted molar refractivity (Wildman–Crippen MR) is 108 cm³/mol. The van der Waals surface area contributed by atoms with Crippen LogP contribution in [0.25, 0.3) is 0 Å². The topological polar surface area (TPSA) is 71.3 Å². The summed E-state index contributed by atoms with van der Waals surface area (Å²) in [7, 11) is 0. The smallest absolute Gasteiger partial charge is 0.251 e. The number of fused-ring (bicyclic) bond motifs is 1. The van der Waals surface area contributed by atoms with Gasteiger partial charge in [-0.25, -0.2) is 0 Å². The summed E-state index contributed by atoms with van der Waals surface area (Å²) in [5.74, 6) is 1.59. The molecule has 1 aromatic heterocycles. The van der Waals surface area contributed by atoms with E-state index in [9.17, 15) is 9.59 Å². The minimum atomic E-state index is -0.179. The second-order valence-corrected chi connectivity index (χ2v) is 8.83. The molecule has 0 spiro atoms. The number of nitrogens with one attached hydrogen (secondary N) is 2. The molecule has 3 rings (SSSR count). The molecule has 27 heavy (non-hydrogen) atoms. The quantitative estimate of drug-likeness (QED) is 0.739. The maximum absolute atomic E-state index is 12.4. The average Bonchev–Trinajstić information content (AvgIpc) is 2.94. The second-order valence-electron chi connectivity index (χ2n) is 7.91.